The molecule has 0 aromatic heterocycles. The van der Waals surface area contributed by atoms with Gasteiger partial charge in [0.25, 0.3) is 0 Å². The molecule has 0 aromatic rings. The molecule has 0 saturated carbocycles. The SMILES string of the molecule is [Al+3].[O-][Si]([O-])([O-])OCl. The molecule has 0 bridgehead atoms. The van der Waals surface area contributed by atoms with Crippen LogP contribution in [0.5, 0.6) is 0 Å². The predicted molar refractivity (Wildman–Crippen MR) is 18.4 cm³/mol. The van der Waals surface area contributed by atoms with Crippen LogP contribution >= 0.6 is 11.9 Å². The number of halogens is 1. The molecule has 0 aromatic carbocycles. The Bertz CT molecular complexity index is 41.4. The van der Waals surface area contributed by atoms with E-state index in [1.165, 1.54) is 0 Å². The Hall–Kier alpha value is 0.879. The quantitative estimate of drug-likeness (QED) is 0.364. The standard InChI is InChI=1S/Al.ClO4Si/c;1-5-6(2,3)4/q+3;-3. The number of hydrogen-bond acceptors (Lipinski definition) is 4. The first-order valence-corrected chi connectivity index (χ1v) is 2.91. The molecule has 0 radical (unpaired) electrons. The molecule has 0 spiro atoms. The van der Waals surface area contributed by atoms with E-state index in [4.69, 9.17) is 14.4 Å². The second-order valence-corrected chi connectivity index (χ2v) is 2.19. The van der Waals surface area contributed by atoms with E-state index in [9.17, 15) is 0 Å². The van der Waals surface area contributed by atoms with E-state index in [0.717, 1.165) is 0 Å². The molecule has 0 aliphatic heterocycles. The van der Waals surface area contributed by atoms with Crippen molar-refractivity contribution in [1.29, 1.82) is 0 Å². The van der Waals surface area contributed by atoms with Crippen LogP contribution in [0.2, 0.25) is 0 Å². The van der Waals surface area contributed by atoms with Crippen molar-refractivity contribution in [2.75, 3.05) is 0 Å². The van der Waals surface area contributed by atoms with E-state index in [1.54, 1.807) is 0 Å². The van der Waals surface area contributed by atoms with Crippen molar-refractivity contribution in [2.24, 2.45) is 0 Å². The average Bonchev–Trinajstić information content (AvgIpc) is 1.35. The maximum absolute atomic E-state index is 9.15. The topological polar surface area (TPSA) is 78.4 Å². The smallest absolute Gasteiger partial charge is 0.859 e. The Balaban J connectivity index is 0. The van der Waals surface area contributed by atoms with Gasteiger partial charge >= 0.3 is 17.4 Å². The summed E-state index contributed by atoms with van der Waals surface area (Å²) in [6.07, 6.45) is 0. The van der Waals surface area contributed by atoms with Gasteiger partial charge in [-0.05, 0) is 0 Å². The maximum atomic E-state index is 9.15. The molecule has 0 unspecified atom stereocenters. The average molecular weight is 155 g/mol. The zero-order valence-corrected chi connectivity index (χ0v) is 6.00. The summed E-state index contributed by atoms with van der Waals surface area (Å²) in [5, 5.41) is 0. The first kappa shape index (κ1) is 10.8. The molecule has 7 heteroatoms. The summed E-state index contributed by atoms with van der Waals surface area (Å²) in [6, 6.07) is 0. The molecule has 0 fully saturated rings. The zero-order chi connectivity index (χ0) is 5.21. The third-order valence-electron chi connectivity index (χ3n) is 0.0945. The van der Waals surface area contributed by atoms with Crippen LogP contribution in [0.1, 0.15) is 0 Å². The molecule has 38 valence electrons. The van der Waals surface area contributed by atoms with Gasteiger partial charge in [0.05, 0.1) is 0 Å². The summed E-state index contributed by atoms with van der Waals surface area (Å²) in [4.78, 5) is 27.4. The van der Waals surface area contributed by atoms with E-state index in [0.29, 0.717) is 0 Å². The molecule has 0 amide bonds. The fourth-order valence-electron chi connectivity index (χ4n) is 0. The summed E-state index contributed by atoms with van der Waals surface area (Å²) in [5.41, 5.74) is 0. The Morgan fingerprint density at radius 1 is 1.29 bits per heavy atom. The van der Waals surface area contributed by atoms with Gasteiger partial charge in [-0.2, -0.15) is 0 Å². The molecule has 0 aliphatic rings. The minimum atomic E-state index is -5.12. The van der Waals surface area contributed by atoms with Gasteiger partial charge in [0.1, 0.15) is 0 Å². The van der Waals surface area contributed by atoms with E-state index in [-0.39, 0.29) is 17.4 Å². The first-order valence-electron chi connectivity index (χ1n) is 0.971. The Labute approximate surface area is 57.1 Å². The molecule has 7 heavy (non-hydrogen) atoms. The Morgan fingerprint density at radius 2 is 1.43 bits per heavy atom. The van der Waals surface area contributed by atoms with Crippen LogP contribution in [0.4, 0.5) is 0 Å². The minimum absolute atomic E-state index is 0. The van der Waals surface area contributed by atoms with Crippen molar-refractivity contribution in [1.82, 2.24) is 0 Å². The van der Waals surface area contributed by atoms with Gasteiger partial charge in [-0.15, -0.1) is 0 Å². The summed E-state index contributed by atoms with van der Waals surface area (Å²) >= 11 is 4.10. The van der Waals surface area contributed by atoms with E-state index in [1.807, 2.05) is 0 Å². The molecule has 0 saturated heterocycles. The third-order valence-corrected chi connectivity index (χ3v) is 0.850. The van der Waals surface area contributed by atoms with Crippen LogP contribution in [0, 0.1) is 0 Å². The monoisotopic (exact) mass is 154 g/mol. The van der Waals surface area contributed by atoms with Crippen molar-refractivity contribution in [3.8, 4) is 0 Å². The summed E-state index contributed by atoms with van der Waals surface area (Å²) in [6.45, 7) is 0. The molecule has 4 nitrogen and oxygen atoms in total. The minimum Gasteiger partial charge on any atom is -0.859 e. The summed E-state index contributed by atoms with van der Waals surface area (Å²) < 4.78 is 2.88. The van der Waals surface area contributed by atoms with E-state index >= 15 is 0 Å². The van der Waals surface area contributed by atoms with Crippen LogP contribution < -0.4 is 14.4 Å². The van der Waals surface area contributed by atoms with Gasteiger partial charge in [-0.25, -0.2) is 0 Å². The largest absolute Gasteiger partial charge is 3.00 e. The van der Waals surface area contributed by atoms with Crippen LogP contribution in [0.25, 0.3) is 0 Å². The number of rotatable bonds is 1. The third kappa shape index (κ3) is 10.9. The van der Waals surface area contributed by atoms with Crippen LogP contribution in [-0.2, 0) is 3.98 Å². The molecular weight excluding hydrogens is 155 g/mol. The second kappa shape index (κ2) is 3.83. The molecule has 0 heterocycles. The van der Waals surface area contributed by atoms with E-state index < -0.39 is 9.05 Å². The molecule has 0 atom stereocenters. The molecule has 0 aliphatic carbocycles. The van der Waals surface area contributed by atoms with Gasteiger partial charge < -0.3 is 18.4 Å². The summed E-state index contributed by atoms with van der Waals surface area (Å²) in [5.74, 6) is 0. The van der Waals surface area contributed by atoms with Crippen LogP contribution in [0.15, 0.2) is 0 Å². The van der Waals surface area contributed by atoms with Crippen molar-refractivity contribution >= 4 is 38.3 Å². The van der Waals surface area contributed by atoms with Crippen molar-refractivity contribution in [2.45, 2.75) is 0 Å². The van der Waals surface area contributed by atoms with Crippen LogP contribution in [-0.4, -0.2) is 26.4 Å². The van der Waals surface area contributed by atoms with Crippen LogP contribution in [0.3, 0.4) is 0 Å². The number of hydrogen-bond donors (Lipinski definition) is 0. The second-order valence-electron chi connectivity index (χ2n) is 0.577. The fourth-order valence-corrected chi connectivity index (χ4v) is 0. The predicted octanol–water partition coefficient (Wildman–Crippen LogP) is -3.71. The Kier molecular flexibility index (Phi) is 5.90. The molecule has 0 N–H and O–H groups in total. The van der Waals surface area contributed by atoms with Gasteiger partial charge in [-0.3, -0.25) is 0 Å². The van der Waals surface area contributed by atoms with Crippen molar-refractivity contribution in [3.05, 3.63) is 0 Å². The summed E-state index contributed by atoms with van der Waals surface area (Å²) in [7, 11) is -5.12. The van der Waals surface area contributed by atoms with E-state index in [2.05, 4.69) is 15.8 Å². The first-order chi connectivity index (χ1) is 2.56. The van der Waals surface area contributed by atoms with Crippen molar-refractivity contribution in [3.63, 3.8) is 0 Å². The maximum Gasteiger partial charge on any atom is 3.00 e. The normalized spacial score (nSPS) is 10.3. The fraction of sp³-hybridized carbons (Fsp3) is 0. The Morgan fingerprint density at radius 3 is 1.43 bits per heavy atom. The molecule has 0 rings (SSSR count). The van der Waals surface area contributed by atoms with Gasteiger partial charge in [0.15, 0.2) is 0 Å². The van der Waals surface area contributed by atoms with Gasteiger partial charge in [0.2, 0.25) is 0 Å². The van der Waals surface area contributed by atoms with Gasteiger partial charge in [0, 0.05) is 11.9 Å². The van der Waals surface area contributed by atoms with Crippen molar-refractivity contribution < 1.29 is 18.4 Å². The zero-order valence-electron chi connectivity index (χ0n) is 3.09. The van der Waals surface area contributed by atoms with Gasteiger partial charge in [-0.1, -0.05) is 9.05 Å². The molecular formula is AlClO4Si.